The topological polar surface area (TPSA) is 99.6 Å². The number of benzene rings is 3. The molecule has 12 heteroatoms. The molecule has 5 rings (SSSR count). The number of hydrogen-bond acceptors (Lipinski definition) is 8. The van der Waals surface area contributed by atoms with Crippen LogP contribution in [0.25, 0.3) is 10.9 Å². The van der Waals surface area contributed by atoms with Crippen molar-refractivity contribution < 1.29 is 31.4 Å². The maximum absolute atomic E-state index is 15.6. The third-order valence-corrected chi connectivity index (χ3v) is 9.57. The molecule has 1 aliphatic rings. The summed E-state index contributed by atoms with van der Waals surface area (Å²) >= 11 is 6.49. The summed E-state index contributed by atoms with van der Waals surface area (Å²) in [6.07, 6.45) is 6.80. The number of nitrogens with one attached hydrogen (secondary N) is 1. The maximum atomic E-state index is 15.6. The van der Waals surface area contributed by atoms with E-state index in [1.165, 1.54) is 24.5 Å². The normalized spacial score (nSPS) is 16.2. The van der Waals surface area contributed by atoms with Crippen LogP contribution in [0.3, 0.4) is 0 Å². The summed E-state index contributed by atoms with van der Waals surface area (Å²) in [7, 11) is -3.11. The maximum Gasteiger partial charge on any atom is 0.152 e. The smallest absolute Gasteiger partial charge is 0.152 e. The number of nitrogens with zero attached hydrogens (tertiary/aromatic N) is 2. The number of rotatable bonds is 15. The van der Waals surface area contributed by atoms with Crippen molar-refractivity contribution in [3.05, 3.63) is 101 Å². The van der Waals surface area contributed by atoms with Gasteiger partial charge in [0, 0.05) is 41.5 Å². The van der Waals surface area contributed by atoms with Crippen LogP contribution in [-0.2, 0) is 31.5 Å². The van der Waals surface area contributed by atoms with E-state index < -0.39 is 21.3 Å². The van der Waals surface area contributed by atoms with Crippen LogP contribution < -0.4 is 10.1 Å². The van der Waals surface area contributed by atoms with Crippen LogP contribution in [0.2, 0.25) is 5.02 Å². The SMILES string of the molecule is CCCS(=O)(=O)CCOCCCC1(c2cc3c(Nc4ccc(OCc5cccc(F)c5)c(Cl)c4)ncnc3cc2F)CC=CO1. The molecule has 1 unspecified atom stereocenters. The first kappa shape index (κ1) is 32.6. The van der Waals surface area contributed by atoms with E-state index in [0.717, 1.165) is 0 Å². The Morgan fingerprint density at radius 2 is 1.93 bits per heavy atom. The van der Waals surface area contributed by atoms with Crippen molar-refractivity contribution in [2.24, 2.45) is 0 Å². The molecular weight excluding hydrogens is 624 g/mol. The molecule has 1 aliphatic heterocycles. The Labute approximate surface area is 266 Å². The second kappa shape index (κ2) is 14.5. The molecule has 0 bridgehead atoms. The number of anilines is 2. The molecule has 4 aromatic rings. The summed E-state index contributed by atoms with van der Waals surface area (Å²) in [5, 5.41) is 4.18. The molecule has 3 aromatic carbocycles. The largest absolute Gasteiger partial charge is 0.490 e. The molecule has 1 aromatic heterocycles. The zero-order valence-electron chi connectivity index (χ0n) is 24.8. The highest BCUT2D eigenvalue weighted by atomic mass is 35.5. The zero-order valence-corrected chi connectivity index (χ0v) is 26.3. The van der Waals surface area contributed by atoms with Gasteiger partial charge in [-0.3, -0.25) is 0 Å². The van der Waals surface area contributed by atoms with Gasteiger partial charge >= 0.3 is 0 Å². The number of aromatic nitrogens is 2. The standard InChI is InChI=1S/C33H34ClF2N3O5S/c1-2-15-45(40,41)16-14-42-12-4-10-33(11-5-13-44-33)27-19-26-30(20-29(27)36)37-22-38-32(26)39-25-8-9-31(28(34)18-25)43-21-23-6-3-7-24(35)17-23/h3,5-9,13,17-20,22H,2,4,10-12,14-16,21H2,1H3,(H,37,38,39). The van der Waals surface area contributed by atoms with E-state index in [-0.39, 0.29) is 30.5 Å². The van der Waals surface area contributed by atoms with Crippen LogP contribution in [0.4, 0.5) is 20.3 Å². The average molecular weight is 658 g/mol. The molecule has 0 aliphatic carbocycles. The number of halogens is 3. The monoisotopic (exact) mass is 657 g/mol. The molecule has 0 saturated heterocycles. The fraction of sp³-hybridized carbons (Fsp3) is 0.333. The Balaban J connectivity index is 1.29. The molecule has 0 fully saturated rings. The lowest BCUT2D eigenvalue weighted by Gasteiger charge is -2.30. The van der Waals surface area contributed by atoms with Crippen LogP contribution in [0.15, 0.2) is 73.3 Å². The van der Waals surface area contributed by atoms with E-state index in [1.807, 2.05) is 13.0 Å². The van der Waals surface area contributed by atoms with E-state index in [9.17, 15) is 12.8 Å². The summed E-state index contributed by atoms with van der Waals surface area (Å²) in [5.41, 5.74) is 1.12. The van der Waals surface area contributed by atoms with Crippen molar-refractivity contribution in [1.82, 2.24) is 9.97 Å². The molecular formula is C33H34ClF2N3O5S. The summed E-state index contributed by atoms with van der Waals surface area (Å²) in [5.74, 6) is 0.211. The minimum absolute atomic E-state index is 0.0189. The Kier molecular flexibility index (Phi) is 10.5. The fourth-order valence-electron chi connectivity index (χ4n) is 5.24. The highest BCUT2D eigenvalue weighted by Gasteiger charge is 2.38. The molecule has 238 valence electrons. The second-order valence-electron chi connectivity index (χ2n) is 10.8. The molecule has 2 heterocycles. The lowest BCUT2D eigenvalue weighted by molar-refractivity contribution is 0.0181. The van der Waals surface area contributed by atoms with E-state index >= 15 is 4.39 Å². The molecule has 45 heavy (non-hydrogen) atoms. The van der Waals surface area contributed by atoms with Gasteiger partial charge in [-0.2, -0.15) is 0 Å². The van der Waals surface area contributed by atoms with Gasteiger partial charge < -0.3 is 19.5 Å². The van der Waals surface area contributed by atoms with Gasteiger partial charge in [0.1, 0.15) is 41.7 Å². The number of sulfone groups is 1. The van der Waals surface area contributed by atoms with E-state index in [4.69, 9.17) is 25.8 Å². The minimum atomic E-state index is -3.11. The Hall–Kier alpha value is -3.80. The highest BCUT2D eigenvalue weighted by molar-refractivity contribution is 7.91. The molecule has 1 atom stereocenters. The van der Waals surface area contributed by atoms with E-state index in [1.54, 1.807) is 42.7 Å². The predicted octanol–water partition coefficient (Wildman–Crippen LogP) is 7.63. The fourth-order valence-corrected chi connectivity index (χ4v) is 6.67. The predicted molar refractivity (Wildman–Crippen MR) is 170 cm³/mol. The zero-order chi connectivity index (χ0) is 31.9. The third-order valence-electron chi connectivity index (χ3n) is 7.45. The van der Waals surface area contributed by atoms with E-state index in [2.05, 4.69) is 15.3 Å². The third kappa shape index (κ3) is 8.27. The number of hydrogen-bond donors (Lipinski definition) is 1. The van der Waals surface area contributed by atoms with Gasteiger partial charge in [-0.25, -0.2) is 27.2 Å². The highest BCUT2D eigenvalue weighted by Crippen LogP contribution is 2.42. The van der Waals surface area contributed by atoms with Gasteiger partial charge in [0.05, 0.1) is 29.2 Å². The van der Waals surface area contributed by atoms with Crippen LogP contribution in [0.5, 0.6) is 5.75 Å². The van der Waals surface area contributed by atoms with Gasteiger partial charge in [0.2, 0.25) is 0 Å². The Morgan fingerprint density at radius 1 is 1.07 bits per heavy atom. The lowest BCUT2D eigenvalue weighted by Crippen LogP contribution is -2.27. The quantitative estimate of drug-likeness (QED) is 0.130. The van der Waals surface area contributed by atoms with Crippen molar-refractivity contribution in [2.75, 3.05) is 30.0 Å². The van der Waals surface area contributed by atoms with Gasteiger partial charge in [0.25, 0.3) is 0 Å². The molecule has 0 saturated carbocycles. The summed E-state index contributed by atoms with van der Waals surface area (Å²) in [6, 6.07) is 14.4. The van der Waals surface area contributed by atoms with Crippen molar-refractivity contribution in [2.45, 2.75) is 44.8 Å². The van der Waals surface area contributed by atoms with Crippen molar-refractivity contribution in [1.29, 1.82) is 0 Å². The first-order chi connectivity index (χ1) is 21.7. The molecule has 0 radical (unpaired) electrons. The summed E-state index contributed by atoms with van der Waals surface area (Å²) < 4.78 is 70.3. The Morgan fingerprint density at radius 3 is 2.69 bits per heavy atom. The van der Waals surface area contributed by atoms with Crippen LogP contribution in [0, 0.1) is 11.6 Å². The van der Waals surface area contributed by atoms with E-state index in [0.29, 0.717) is 76.6 Å². The molecule has 1 N–H and O–H groups in total. The van der Waals surface area contributed by atoms with Gasteiger partial charge in [-0.05, 0) is 67.3 Å². The van der Waals surface area contributed by atoms with Crippen LogP contribution >= 0.6 is 11.6 Å². The molecule has 8 nitrogen and oxygen atoms in total. The first-order valence-corrected chi connectivity index (χ1v) is 16.9. The van der Waals surface area contributed by atoms with Crippen molar-refractivity contribution in [3.63, 3.8) is 0 Å². The number of fused-ring (bicyclic) bond motifs is 1. The summed E-state index contributed by atoms with van der Waals surface area (Å²) in [4.78, 5) is 8.67. The van der Waals surface area contributed by atoms with Gasteiger partial charge in [-0.1, -0.05) is 30.7 Å². The van der Waals surface area contributed by atoms with Crippen LogP contribution in [0.1, 0.15) is 43.7 Å². The van der Waals surface area contributed by atoms with Crippen LogP contribution in [-0.4, -0.2) is 43.1 Å². The van der Waals surface area contributed by atoms with Gasteiger partial charge in [0.15, 0.2) is 9.84 Å². The molecule has 0 spiro atoms. The first-order valence-electron chi connectivity index (χ1n) is 14.7. The van der Waals surface area contributed by atoms with Gasteiger partial charge in [-0.15, -0.1) is 0 Å². The molecule has 0 amide bonds. The van der Waals surface area contributed by atoms with Crippen molar-refractivity contribution in [3.8, 4) is 5.75 Å². The van der Waals surface area contributed by atoms with Crippen molar-refractivity contribution >= 4 is 43.8 Å². The lowest BCUT2D eigenvalue weighted by atomic mass is 9.85. The number of ether oxygens (including phenoxy) is 3. The Bertz CT molecular complexity index is 1780. The average Bonchev–Trinajstić information content (AvgIpc) is 3.48. The summed E-state index contributed by atoms with van der Waals surface area (Å²) in [6.45, 7) is 2.42. The second-order valence-corrected chi connectivity index (χ2v) is 13.5. The minimum Gasteiger partial charge on any atom is -0.490 e.